The number of hydrogen-bond donors (Lipinski definition) is 1. The molecular weight excluding hydrogens is 178 g/mol. The van der Waals surface area contributed by atoms with Crippen LogP contribution in [0, 0.1) is 0 Å². The molecule has 2 heterocycles. The molecule has 2 aliphatic heterocycles. The van der Waals surface area contributed by atoms with E-state index < -0.39 is 0 Å². The van der Waals surface area contributed by atoms with E-state index >= 15 is 0 Å². The molecule has 1 aromatic rings. The quantitative estimate of drug-likeness (QED) is 0.630. The molecule has 1 N–H and O–H groups in total. The molecule has 1 fully saturated rings. The summed E-state index contributed by atoms with van der Waals surface area (Å²) in [6.07, 6.45) is 0.300. The van der Waals surface area contributed by atoms with E-state index in [0.29, 0.717) is 6.42 Å². The lowest BCUT2D eigenvalue weighted by Gasteiger charge is -2.19. The topological polar surface area (TPSA) is 38.3 Å². The zero-order chi connectivity index (χ0) is 9.76. The number of benzene rings is 1. The first-order valence-corrected chi connectivity index (χ1v) is 4.76. The first-order chi connectivity index (χ1) is 6.70. The summed E-state index contributed by atoms with van der Waals surface area (Å²) in [6, 6.07) is 8.06. The van der Waals surface area contributed by atoms with Crippen molar-refractivity contribution >= 4 is 11.7 Å². The monoisotopic (exact) mass is 189 g/mol. The van der Waals surface area contributed by atoms with Crippen LogP contribution in [0.2, 0.25) is 0 Å². The lowest BCUT2D eigenvalue weighted by atomic mass is 9.82. The summed E-state index contributed by atoms with van der Waals surface area (Å²) in [6.45, 7) is 2.07. The van der Waals surface area contributed by atoms with Crippen molar-refractivity contribution in [1.82, 2.24) is 0 Å². The van der Waals surface area contributed by atoms with Crippen molar-refractivity contribution in [3.8, 4) is 0 Å². The minimum absolute atomic E-state index is 0.112. The van der Waals surface area contributed by atoms with E-state index in [9.17, 15) is 4.79 Å². The molecule has 72 valence electrons. The first-order valence-electron chi connectivity index (χ1n) is 4.76. The van der Waals surface area contributed by atoms with Gasteiger partial charge in [-0.15, -0.1) is 0 Å². The molecule has 3 rings (SSSR count). The van der Waals surface area contributed by atoms with Crippen LogP contribution in [0.25, 0.3) is 0 Å². The molecule has 0 aliphatic carbocycles. The third-order valence-electron chi connectivity index (χ3n) is 3.17. The average molecular weight is 189 g/mol. The van der Waals surface area contributed by atoms with E-state index in [0.717, 1.165) is 5.69 Å². The Morgan fingerprint density at radius 2 is 2.29 bits per heavy atom. The Bertz CT molecular complexity index is 416. The van der Waals surface area contributed by atoms with E-state index in [1.807, 2.05) is 18.2 Å². The van der Waals surface area contributed by atoms with Crippen LogP contribution in [0.4, 0.5) is 5.69 Å². The van der Waals surface area contributed by atoms with Crippen LogP contribution in [0.3, 0.4) is 0 Å². The van der Waals surface area contributed by atoms with Crippen LogP contribution in [-0.2, 0) is 14.9 Å². The second kappa shape index (κ2) is 2.29. The number of rotatable bonds is 0. The molecule has 0 amide bonds. The maximum absolute atomic E-state index is 11.2. The number of carbonyl (C=O) groups is 1. The van der Waals surface area contributed by atoms with Crippen LogP contribution >= 0.6 is 0 Å². The number of anilines is 1. The Morgan fingerprint density at radius 1 is 1.50 bits per heavy atom. The fraction of sp³-hybridized carbons (Fsp3) is 0.364. The van der Waals surface area contributed by atoms with Crippen molar-refractivity contribution in [3.63, 3.8) is 0 Å². The molecule has 1 saturated heterocycles. The number of esters is 1. The van der Waals surface area contributed by atoms with Gasteiger partial charge in [0.15, 0.2) is 6.23 Å². The molecular formula is C11H11NO2. The van der Waals surface area contributed by atoms with Gasteiger partial charge < -0.3 is 10.1 Å². The first kappa shape index (κ1) is 7.85. The van der Waals surface area contributed by atoms with Crippen molar-refractivity contribution < 1.29 is 9.53 Å². The Labute approximate surface area is 82.1 Å². The highest BCUT2D eigenvalue weighted by Gasteiger charge is 2.51. The summed E-state index contributed by atoms with van der Waals surface area (Å²) >= 11 is 0. The van der Waals surface area contributed by atoms with Gasteiger partial charge >= 0.3 is 5.97 Å². The van der Waals surface area contributed by atoms with Gasteiger partial charge in [-0.1, -0.05) is 18.2 Å². The number of nitrogens with one attached hydrogen (secondary N) is 1. The number of carbonyl (C=O) groups excluding carboxylic acids is 1. The van der Waals surface area contributed by atoms with E-state index in [1.54, 1.807) is 0 Å². The van der Waals surface area contributed by atoms with Gasteiger partial charge in [0.05, 0.1) is 11.8 Å². The van der Waals surface area contributed by atoms with Gasteiger partial charge in [-0.25, -0.2) is 0 Å². The fourth-order valence-electron chi connectivity index (χ4n) is 2.37. The number of para-hydroxylation sites is 1. The molecule has 3 heteroatoms. The Kier molecular flexibility index (Phi) is 1.29. The minimum Gasteiger partial charge on any atom is -0.441 e. The fourth-order valence-corrected chi connectivity index (χ4v) is 2.37. The van der Waals surface area contributed by atoms with Crippen molar-refractivity contribution in [2.45, 2.75) is 25.0 Å². The van der Waals surface area contributed by atoms with E-state index in [1.165, 1.54) is 5.56 Å². The molecule has 3 nitrogen and oxygen atoms in total. The number of fused-ring (bicyclic) bond motifs is 3. The molecule has 2 atom stereocenters. The highest BCUT2D eigenvalue weighted by Crippen LogP contribution is 2.47. The summed E-state index contributed by atoms with van der Waals surface area (Å²) < 4.78 is 5.22. The van der Waals surface area contributed by atoms with E-state index in [-0.39, 0.29) is 17.6 Å². The second-order valence-corrected chi connectivity index (χ2v) is 4.15. The molecule has 0 saturated carbocycles. The maximum Gasteiger partial charge on any atom is 0.308 e. The van der Waals surface area contributed by atoms with Crippen LogP contribution in [-0.4, -0.2) is 12.2 Å². The van der Waals surface area contributed by atoms with Crippen molar-refractivity contribution in [3.05, 3.63) is 29.8 Å². The van der Waals surface area contributed by atoms with Gasteiger partial charge in [-0.3, -0.25) is 4.79 Å². The third kappa shape index (κ3) is 0.794. The molecule has 14 heavy (non-hydrogen) atoms. The number of hydrogen-bond acceptors (Lipinski definition) is 3. The number of ether oxygens (including phenoxy) is 1. The molecule has 0 spiro atoms. The van der Waals surface area contributed by atoms with Gasteiger partial charge in [0, 0.05) is 5.69 Å². The SMILES string of the molecule is C[C@@]12CC(=O)O[C@@H]1Nc1ccccc12. The van der Waals surface area contributed by atoms with Crippen LogP contribution < -0.4 is 5.32 Å². The van der Waals surface area contributed by atoms with E-state index in [4.69, 9.17) is 4.74 Å². The highest BCUT2D eigenvalue weighted by molar-refractivity contribution is 5.79. The van der Waals surface area contributed by atoms with Crippen molar-refractivity contribution in [2.24, 2.45) is 0 Å². The average Bonchev–Trinajstić information content (AvgIpc) is 2.55. The summed E-state index contributed by atoms with van der Waals surface area (Å²) in [5, 5.41) is 3.22. The Hall–Kier alpha value is -1.51. The molecule has 2 aliphatic rings. The van der Waals surface area contributed by atoms with Crippen LogP contribution in [0.15, 0.2) is 24.3 Å². The molecule has 1 aromatic carbocycles. The predicted molar refractivity (Wildman–Crippen MR) is 51.9 cm³/mol. The predicted octanol–water partition coefficient (Wildman–Crippen LogP) is 1.64. The third-order valence-corrected chi connectivity index (χ3v) is 3.17. The highest BCUT2D eigenvalue weighted by atomic mass is 16.6. The van der Waals surface area contributed by atoms with Gasteiger partial charge in [0.2, 0.25) is 0 Å². The molecule has 0 unspecified atom stereocenters. The Morgan fingerprint density at radius 3 is 3.14 bits per heavy atom. The molecule has 0 radical (unpaired) electrons. The summed E-state index contributed by atoms with van der Waals surface area (Å²) in [7, 11) is 0. The van der Waals surface area contributed by atoms with Crippen LogP contribution in [0.5, 0.6) is 0 Å². The zero-order valence-corrected chi connectivity index (χ0v) is 7.91. The van der Waals surface area contributed by atoms with Gasteiger partial charge in [-0.05, 0) is 18.6 Å². The van der Waals surface area contributed by atoms with Gasteiger partial charge in [0.1, 0.15) is 0 Å². The largest absolute Gasteiger partial charge is 0.441 e. The summed E-state index contributed by atoms with van der Waals surface area (Å²) in [5.74, 6) is -0.112. The van der Waals surface area contributed by atoms with Gasteiger partial charge in [0.25, 0.3) is 0 Å². The van der Waals surface area contributed by atoms with Crippen LogP contribution in [0.1, 0.15) is 18.9 Å². The maximum atomic E-state index is 11.2. The molecule has 0 bridgehead atoms. The normalized spacial score (nSPS) is 33.2. The standard InChI is InChI=1S/C11H11NO2/c1-11-6-9(13)14-10(11)12-8-5-3-2-4-7(8)11/h2-5,10,12H,6H2,1H3/t10-,11-/m0/s1. The van der Waals surface area contributed by atoms with Crippen molar-refractivity contribution in [1.29, 1.82) is 0 Å². The second-order valence-electron chi connectivity index (χ2n) is 4.15. The lowest BCUT2D eigenvalue weighted by molar-refractivity contribution is -0.140. The minimum atomic E-state index is -0.174. The smallest absolute Gasteiger partial charge is 0.308 e. The van der Waals surface area contributed by atoms with Gasteiger partial charge in [-0.2, -0.15) is 0 Å². The Balaban J connectivity index is 2.15. The van der Waals surface area contributed by atoms with E-state index in [2.05, 4.69) is 18.3 Å². The lowest BCUT2D eigenvalue weighted by Crippen LogP contribution is -2.31. The zero-order valence-electron chi connectivity index (χ0n) is 7.91. The van der Waals surface area contributed by atoms with Crippen molar-refractivity contribution in [2.75, 3.05) is 5.32 Å². The molecule has 0 aromatic heterocycles. The summed E-state index contributed by atoms with van der Waals surface area (Å²) in [4.78, 5) is 11.2. The summed E-state index contributed by atoms with van der Waals surface area (Å²) in [5.41, 5.74) is 2.11.